The summed E-state index contributed by atoms with van der Waals surface area (Å²) in [6.07, 6.45) is 1.61. The lowest BCUT2D eigenvalue weighted by Crippen LogP contribution is -2.29. The minimum atomic E-state index is -0.234. The molecular formula is C14H19FN2O. The number of nitrogens with zero attached hydrogens (tertiary/aromatic N) is 1. The van der Waals surface area contributed by atoms with Crippen LogP contribution in [0.25, 0.3) is 0 Å². The molecule has 0 radical (unpaired) electrons. The van der Waals surface area contributed by atoms with Crippen LogP contribution in [0, 0.1) is 24.1 Å². The highest BCUT2D eigenvalue weighted by Gasteiger charge is 2.06. The van der Waals surface area contributed by atoms with E-state index < -0.39 is 0 Å². The molecule has 18 heavy (non-hydrogen) atoms. The summed E-state index contributed by atoms with van der Waals surface area (Å²) in [6.45, 7) is 5.02. The van der Waals surface area contributed by atoms with Crippen molar-refractivity contribution in [1.29, 1.82) is 5.26 Å². The molecule has 4 heteroatoms. The third-order valence-electron chi connectivity index (χ3n) is 2.60. The summed E-state index contributed by atoms with van der Waals surface area (Å²) < 4.78 is 18.5. The van der Waals surface area contributed by atoms with Crippen LogP contribution in [0.4, 0.5) is 4.39 Å². The molecule has 98 valence electrons. The molecule has 0 saturated carbocycles. The van der Waals surface area contributed by atoms with Gasteiger partial charge in [-0.25, -0.2) is 4.39 Å². The highest BCUT2D eigenvalue weighted by Crippen LogP contribution is 2.16. The zero-order chi connectivity index (χ0) is 13.4. The molecule has 0 heterocycles. The number of nitrogens with one attached hydrogen (secondary N) is 1. The second kappa shape index (κ2) is 7.67. The number of nitriles is 1. The predicted molar refractivity (Wildman–Crippen MR) is 68.9 cm³/mol. The molecular weight excluding hydrogens is 231 g/mol. The standard InChI is InChI=1S/C14H19FN2O/c1-3-7-17-12(10-16)6-8-18-13-4-5-14(15)11(2)9-13/h4-5,9,12,17H,3,6-8H2,1-2H3. The van der Waals surface area contributed by atoms with Gasteiger partial charge in [0.1, 0.15) is 11.6 Å². The van der Waals surface area contributed by atoms with Crippen LogP contribution in [0.1, 0.15) is 25.3 Å². The number of halogens is 1. The van der Waals surface area contributed by atoms with Crippen LogP contribution < -0.4 is 10.1 Å². The maximum Gasteiger partial charge on any atom is 0.126 e. The molecule has 0 aliphatic carbocycles. The molecule has 1 N–H and O–H groups in total. The Kier molecular flexibility index (Phi) is 6.16. The maximum absolute atomic E-state index is 13.0. The molecule has 0 spiro atoms. The smallest absolute Gasteiger partial charge is 0.126 e. The third-order valence-corrected chi connectivity index (χ3v) is 2.60. The van der Waals surface area contributed by atoms with E-state index >= 15 is 0 Å². The zero-order valence-corrected chi connectivity index (χ0v) is 10.9. The first kappa shape index (κ1) is 14.5. The van der Waals surface area contributed by atoms with E-state index in [0.717, 1.165) is 13.0 Å². The van der Waals surface area contributed by atoms with Gasteiger partial charge < -0.3 is 10.1 Å². The van der Waals surface area contributed by atoms with Gasteiger partial charge >= 0.3 is 0 Å². The number of aryl methyl sites for hydroxylation is 1. The largest absolute Gasteiger partial charge is 0.493 e. The van der Waals surface area contributed by atoms with Gasteiger partial charge in [-0.3, -0.25) is 0 Å². The van der Waals surface area contributed by atoms with Crippen molar-refractivity contribution in [2.24, 2.45) is 0 Å². The van der Waals surface area contributed by atoms with Crippen LogP contribution in [0.15, 0.2) is 18.2 Å². The van der Waals surface area contributed by atoms with Gasteiger partial charge in [-0.1, -0.05) is 6.92 Å². The summed E-state index contributed by atoms with van der Waals surface area (Å²) in [5, 5.41) is 12.0. The zero-order valence-electron chi connectivity index (χ0n) is 10.9. The Bertz CT molecular complexity index is 415. The van der Waals surface area contributed by atoms with Crippen LogP contribution in [0.5, 0.6) is 5.75 Å². The van der Waals surface area contributed by atoms with E-state index in [0.29, 0.717) is 24.3 Å². The van der Waals surface area contributed by atoms with Gasteiger partial charge in [0.15, 0.2) is 0 Å². The van der Waals surface area contributed by atoms with Crippen LogP contribution in [0.3, 0.4) is 0 Å². The summed E-state index contributed by atoms with van der Waals surface area (Å²) in [5.41, 5.74) is 0.563. The molecule has 0 bridgehead atoms. The van der Waals surface area contributed by atoms with Gasteiger partial charge in [0.25, 0.3) is 0 Å². The van der Waals surface area contributed by atoms with Crippen molar-refractivity contribution in [2.75, 3.05) is 13.2 Å². The van der Waals surface area contributed by atoms with Crippen LogP contribution in [-0.4, -0.2) is 19.2 Å². The van der Waals surface area contributed by atoms with Gasteiger partial charge in [-0.15, -0.1) is 0 Å². The maximum atomic E-state index is 13.0. The van der Waals surface area contributed by atoms with E-state index in [2.05, 4.69) is 18.3 Å². The van der Waals surface area contributed by atoms with Crippen molar-refractivity contribution in [3.8, 4) is 11.8 Å². The molecule has 3 nitrogen and oxygen atoms in total. The molecule has 0 saturated heterocycles. The predicted octanol–water partition coefficient (Wildman–Crippen LogP) is 2.79. The minimum Gasteiger partial charge on any atom is -0.493 e. The molecule has 0 aliphatic heterocycles. The number of ether oxygens (including phenoxy) is 1. The Balaban J connectivity index is 2.36. The van der Waals surface area contributed by atoms with E-state index in [1.165, 1.54) is 6.07 Å². The lowest BCUT2D eigenvalue weighted by Gasteiger charge is -2.12. The van der Waals surface area contributed by atoms with E-state index in [-0.39, 0.29) is 11.9 Å². The number of benzene rings is 1. The second-order valence-electron chi connectivity index (χ2n) is 4.18. The van der Waals surface area contributed by atoms with E-state index in [4.69, 9.17) is 10.00 Å². The van der Waals surface area contributed by atoms with E-state index in [9.17, 15) is 4.39 Å². The average molecular weight is 250 g/mol. The molecule has 0 aliphatic rings. The first-order chi connectivity index (χ1) is 8.67. The number of hydrogen-bond donors (Lipinski definition) is 1. The first-order valence-corrected chi connectivity index (χ1v) is 6.19. The monoisotopic (exact) mass is 250 g/mol. The molecule has 1 unspecified atom stereocenters. The summed E-state index contributed by atoms with van der Waals surface area (Å²) >= 11 is 0. The van der Waals surface area contributed by atoms with Gasteiger partial charge in [-0.2, -0.15) is 5.26 Å². The van der Waals surface area contributed by atoms with Crippen molar-refractivity contribution in [3.05, 3.63) is 29.6 Å². The molecule has 1 aromatic rings. The highest BCUT2D eigenvalue weighted by atomic mass is 19.1. The SMILES string of the molecule is CCCNC(C#N)CCOc1ccc(F)c(C)c1. The molecule has 0 aromatic heterocycles. The summed E-state index contributed by atoms with van der Waals surface area (Å²) in [5.74, 6) is 0.406. The van der Waals surface area contributed by atoms with Crippen molar-refractivity contribution in [2.45, 2.75) is 32.7 Å². The fraction of sp³-hybridized carbons (Fsp3) is 0.500. The molecule has 1 aromatic carbocycles. The van der Waals surface area contributed by atoms with Gasteiger partial charge in [0, 0.05) is 6.42 Å². The topological polar surface area (TPSA) is 45.0 Å². The van der Waals surface area contributed by atoms with Crippen LogP contribution in [-0.2, 0) is 0 Å². The Morgan fingerprint density at radius 3 is 2.89 bits per heavy atom. The normalized spacial score (nSPS) is 11.9. The first-order valence-electron chi connectivity index (χ1n) is 6.19. The summed E-state index contributed by atoms with van der Waals surface area (Å²) in [6, 6.07) is 6.66. The van der Waals surface area contributed by atoms with Crippen molar-refractivity contribution >= 4 is 0 Å². The Hall–Kier alpha value is -1.60. The fourth-order valence-corrected chi connectivity index (χ4v) is 1.53. The van der Waals surface area contributed by atoms with E-state index in [1.54, 1.807) is 19.1 Å². The Labute approximate surface area is 108 Å². The molecule has 0 fully saturated rings. The number of rotatable bonds is 7. The number of hydrogen-bond acceptors (Lipinski definition) is 3. The lowest BCUT2D eigenvalue weighted by molar-refractivity contribution is 0.297. The van der Waals surface area contributed by atoms with Gasteiger partial charge in [0.2, 0.25) is 0 Å². The highest BCUT2D eigenvalue weighted by molar-refractivity contribution is 5.28. The Morgan fingerprint density at radius 1 is 1.50 bits per heavy atom. The summed E-state index contributed by atoms with van der Waals surface area (Å²) in [7, 11) is 0. The molecule has 0 amide bonds. The Morgan fingerprint density at radius 2 is 2.28 bits per heavy atom. The third kappa shape index (κ3) is 4.72. The fourth-order valence-electron chi connectivity index (χ4n) is 1.53. The van der Waals surface area contributed by atoms with Gasteiger partial charge in [0.05, 0.1) is 18.7 Å². The van der Waals surface area contributed by atoms with Crippen molar-refractivity contribution in [3.63, 3.8) is 0 Å². The molecule has 1 rings (SSSR count). The van der Waals surface area contributed by atoms with Gasteiger partial charge in [-0.05, 0) is 43.7 Å². The van der Waals surface area contributed by atoms with Crippen LogP contribution >= 0.6 is 0 Å². The van der Waals surface area contributed by atoms with E-state index in [1.807, 2.05) is 0 Å². The van der Waals surface area contributed by atoms with Crippen LogP contribution in [0.2, 0.25) is 0 Å². The lowest BCUT2D eigenvalue weighted by atomic mass is 10.2. The average Bonchev–Trinajstić information content (AvgIpc) is 2.37. The van der Waals surface area contributed by atoms with Crippen molar-refractivity contribution in [1.82, 2.24) is 5.32 Å². The quantitative estimate of drug-likeness (QED) is 0.809. The summed E-state index contributed by atoms with van der Waals surface area (Å²) in [4.78, 5) is 0. The minimum absolute atomic E-state index is 0.188. The molecule has 1 atom stereocenters. The van der Waals surface area contributed by atoms with Crippen molar-refractivity contribution < 1.29 is 9.13 Å². The second-order valence-corrected chi connectivity index (χ2v) is 4.18.